The number of nitrogens with one attached hydrogen (secondary N) is 2. The lowest BCUT2D eigenvalue weighted by atomic mass is 9.99. The SMILES string of the molecule is C#CN(C(=O)C(NC(=O)OC(C)(C)C)C(C)C)C(C(=O)NCCCCC)c1ccc(O)cc1. The van der Waals surface area contributed by atoms with Gasteiger partial charge in [0.15, 0.2) is 0 Å². The first kappa shape index (κ1) is 27.8. The molecule has 182 valence electrons. The standard InChI is InChI=1S/C25H37N3O5/c1-8-10-11-16-26-22(30)21(18-12-14-19(29)15-13-18)28(9-2)23(31)20(17(3)4)27-24(32)33-25(5,6)7/h2,12-15,17,20-21,29H,8,10-11,16H2,1,3-7H3,(H,26,30)(H,27,32). The van der Waals surface area contributed by atoms with Gasteiger partial charge in [-0.2, -0.15) is 0 Å². The van der Waals surface area contributed by atoms with Crippen molar-refractivity contribution in [3.05, 3.63) is 29.8 Å². The van der Waals surface area contributed by atoms with Crippen molar-refractivity contribution in [2.24, 2.45) is 5.92 Å². The van der Waals surface area contributed by atoms with E-state index in [9.17, 15) is 19.5 Å². The molecule has 0 heterocycles. The van der Waals surface area contributed by atoms with Crippen molar-refractivity contribution < 1.29 is 24.2 Å². The number of nitrogens with zero attached hydrogens (tertiary/aromatic N) is 1. The number of hydrogen-bond donors (Lipinski definition) is 3. The van der Waals surface area contributed by atoms with E-state index in [4.69, 9.17) is 11.2 Å². The number of hydrogen-bond acceptors (Lipinski definition) is 5. The molecule has 0 aromatic heterocycles. The molecule has 2 unspecified atom stereocenters. The average Bonchev–Trinajstić information content (AvgIpc) is 2.72. The van der Waals surface area contributed by atoms with Crippen molar-refractivity contribution in [1.82, 2.24) is 15.5 Å². The molecule has 33 heavy (non-hydrogen) atoms. The first-order chi connectivity index (χ1) is 15.4. The molecule has 0 aliphatic heterocycles. The van der Waals surface area contributed by atoms with Crippen molar-refractivity contribution >= 4 is 17.9 Å². The zero-order valence-corrected chi connectivity index (χ0v) is 20.5. The van der Waals surface area contributed by atoms with E-state index in [0.717, 1.165) is 24.2 Å². The van der Waals surface area contributed by atoms with Crippen LogP contribution in [-0.2, 0) is 14.3 Å². The predicted octanol–water partition coefficient (Wildman–Crippen LogP) is 3.71. The van der Waals surface area contributed by atoms with Gasteiger partial charge in [0.2, 0.25) is 5.91 Å². The molecule has 1 rings (SSSR count). The van der Waals surface area contributed by atoms with E-state index >= 15 is 0 Å². The highest BCUT2D eigenvalue weighted by molar-refractivity contribution is 5.93. The molecular weight excluding hydrogens is 422 g/mol. The van der Waals surface area contributed by atoms with Gasteiger partial charge in [0.1, 0.15) is 23.4 Å². The molecule has 1 aromatic carbocycles. The molecule has 0 radical (unpaired) electrons. The molecule has 3 amide bonds. The molecule has 0 aliphatic rings. The van der Waals surface area contributed by atoms with Crippen LogP contribution in [0.2, 0.25) is 0 Å². The van der Waals surface area contributed by atoms with Crippen molar-refractivity contribution in [1.29, 1.82) is 0 Å². The monoisotopic (exact) mass is 459 g/mol. The van der Waals surface area contributed by atoms with E-state index in [-0.39, 0.29) is 11.7 Å². The second kappa shape index (κ2) is 12.7. The topological polar surface area (TPSA) is 108 Å². The summed E-state index contributed by atoms with van der Waals surface area (Å²) in [6.45, 7) is 11.2. The van der Waals surface area contributed by atoms with Gasteiger partial charge in [-0.1, -0.05) is 52.2 Å². The molecule has 0 bridgehead atoms. The van der Waals surface area contributed by atoms with E-state index in [1.54, 1.807) is 34.6 Å². The number of rotatable bonds is 10. The Hall–Kier alpha value is -3.21. The number of aromatic hydroxyl groups is 1. The Morgan fingerprint density at radius 3 is 2.24 bits per heavy atom. The van der Waals surface area contributed by atoms with E-state index < -0.39 is 35.6 Å². The summed E-state index contributed by atoms with van der Waals surface area (Å²) < 4.78 is 5.28. The quantitative estimate of drug-likeness (QED) is 0.281. The average molecular weight is 460 g/mol. The van der Waals surface area contributed by atoms with Gasteiger partial charge < -0.3 is 20.5 Å². The van der Waals surface area contributed by atoms with Crippen LogP contribution in [0.15, 0.2) is 24.3 Å². The number of ether oxygens (including phenoxy) is 1. The first-order valence-electron chi connectivity index (χ1n) is 11.3. The lowest BCUT2D eigenvalue weighted by Crippen LogP contribution is -2.53. The Morgan fingerprint density at radius 1 is 1.15 bits per heavy atom. The Labute approximate surface area is 197 Å². The number of carbonyl (C=O) groups excluding carboxylic acids is 3. The van der Waals surface area contributed by atoms with Crippen molar-refractivity contribution in [2.75, 3.05) is 6.54 Å². The molecule has 0 saturated heterocycles. The second-order valence-corrected chi connectivity index (χ2v) is 9.20. The maximum atomic E-state index is 13.5. The van der Waals surface area contributed by atoms with Gasteiger partial charge in [-0.15, -0.1) is 0 Å². The van der Waals surface area contributed by atoms with Crippen molar-refractivity contribution in [3.63, 3.8) is 0 Å². The fourth-order valence-corrected chi connectivity index (χ4v) is 3.12. The van der Waals surface area contributed by atoms with Gasteiger partial charge in [0.05, 0.1) is 0 Å². The number of amides is 3. The number of terminal acetylenes is 1. The van der Waals surface area contributed by atoms with Crippen LogP contribution in [-0.4, -0.2) is 46.1 Å². The summed E-state index contributed by atoms with van der Waals surface area (Å²) in [5.41, 5.74) is -0.306. The summed E-state index contributed by atoms with van der Waals surface area (Å²) >= 11 is 0. The minimum absolute atomic E-state index is 0.0195. The van der Waals surface area contributed by atoms with Gasteiger partial charge in [-0.3, -0.25) is 14.5 Å². The molecule has 0 saturated carbocycles. The molecule has 0 fully saturated rings. The molecule has 3 N–H and O–H groups in total. The van der Waals surface area contributed by atoms with Gasteiger partial charge >= 0.3 is 6.09 Å². The Balaban J connectivity index is 3.24. The number of alkyl carbamates (subject to hydrolysis) is 1. The fraction of sp³-hybridized carbons (Fsp3) is 0.560. The van der Waals surface area contributed by atoms with Crippen LogP contribution in [0.25, 0.3) is 0 Å². The largest absolute Gasteiger partial charge is 0.508 e. The van der Waals surface area contributed by atoms with Gasteiger partial charge in [0.25, 0.3) is 5.91 Å². The zero-order valence-electron chi connectivity index (χ0n) is 20.5. The molecule has 0 spiro atoms. The summed E-state index contributed by atoms with van der Waals surface area (Å²) in [6, 6.07) is 6.10. The van der Waals surface area contributed by atoms with Crippen LogP contribution >= 0.6 is 0 Å². The summed E-state index contributed by atoms with van der Waals surface area (Å²) in [4.78, 5) is 39.9. The number of carbonyl (C=O) groups is 3. The number of phenols is 1. The van der Waals surface area contributed by atoms with E-state index in [1.165, 1.54) is 24.3 Å². The molecule has 1 aromatic rings. The first-order valence-corrected chi connectivity index (χ1v) is 11.3. The van der Waals surface area contributed by atoms with Crippen LogP contribution in [0.4, 0.5) is 4.79 Å². The van der Waals surface area contributed by atoms with E-state index in [2.05, 4.69) is 23.6 Å². The van der Waals surface area contributed by atoms with E-state index in [1.807, 2.05) is 0 Å². The number of benzene rings is 1. The maximum Gasteiger partial charge on any atom is 0.408 e. The van der Waals surface area contributed by atoms with Crippen LogP contribution in [0.1, 0.15) is 72.4 Å². The molecule has 2 atom stereocenters. The Bertz CT molecular complexity index is 837. The summed E-state index contributed by atoms with van der Waals surface area (Å²) in [7, 11) is 0. The molecule has 8 heteroatoms. The minimum atomic E-state index is -1.13. The third-order valence-electron chi connectivity index (χ3n) is 4.78. The van der Waals surface area contributed by atoms with Crippen LogP contribution < -0.4 is 10.6 Å². The third-order valence-corrected chi connectivity index (χ3v) is 4.78. The summed E-state index contributed by atoms with van der Waals surface area (Å²) in [6.07, 6.45) is 7.70. The van der Waals surface area contributed by atoms with Crippen molar-refractivity contribution in [2.45, 2.75) is 78.5 Å². The van der Waals surface area contributed by atoms with Crippen LogP contribution in [0.3, 0.4) is 0 Å². The van der Waals surface area contributed by atoms with Gasteiger partial charge in [-0.25, -0.2) is 4.79 Å². The highest BCUT2D eigenvalue weighted by Gasteiger charge is 2.37. The third kappa shape index (κ3) is 9.05. The molecule has 8 nitrogen and oxygen atoms in total. The van der Waals surface area contributed by atoms with Crippen LogP contribution in [0.5, 0.6) is 5.75 Å². The molecule has 0 aliphatic carbocycles. The second-order valence-electron chi connectivity index (χ2n) is 9.20. The summed E-state index contributed by atoms with van der Waals surface area (Å²) in [5, 5.41) is 15.1. The fourth-order valence-electron chi connectivity index (χ4n) is 3.12. The number of phenolic OH excluding ortho intramolecular Hbond substituents is 1. The van der Waals surface area contributed by atoms with E-state index in [0.29, 0.717) is 12.1 Å². The van der Waals surface area contributed by atoms with Crippen LogP contribution in [0, 0.1) is 18.4 Å². The lowest BCUT2D eigenvalue weighted by molar-refractivity contribution is -0.139. The summed E-state index contributed by atoms with van der Waals surface area (Å²) in [5.74, 6) is -1.36. The Kier molecular flexibility index (Phi) is 10.7. The minimum Gasteiger partial charge on any atom is -0.508 e. The highest BCUT2D eigenvalue weighted by Crippen LogP contribution is 2.25. The predicted molar refractivity (Wildman–Crippen MR) is 127 cm³/mol. The normalized spacial score (nSPS) is 12.9. The smallest absolute Gasteiger partial charge is 0.408 e. The maximum absolute atomic E-state index is 13.5. The lowest BCUT2D eigenvalue weighted by Gasteiger charge is -2.31. The zero-order chi connectivity index (χ0) is 25.2. The molecular formula is C25H37N3O5. The van der Waals surface area contributed by atoms with Gasteiger partial charge in [-0.05, 0) is 50.8 Å². The number of unbranched alkanes of at least 4 members (excludes halogenated alkanes) is 2. The highest BCUT2D eigenvalue weighted by atomic mass is 16.6. The van der Waals surface area contributed by atoms with Gasteiger partial charge in [0, 0.05) is 12.6 Å². The van der Waals surface area contributed by atoms with Crippen molar-refractivity contribution in [3.8, 4) is 18.2 Å². The Morgan fingerprint density at radius 2 is 1.76 bits per heavy atom.